The molecule has 5 heteroatoms. The highest BCUT2D eigenvalue weighted by atomic mass is 16.3. The summed E-state index contributed by atoms with van der Waals surface area (Å²) < 4.78 is 0. The number of aryl methyl sites for hydroxylation is 1. The Bertz CT molecular complexity index is 720. The van der Waals surface area contributed by atoms with Gasteiger partial charge in [0.15, 0.2) is 0 Å². The maximum absolute atomic E-state index is 12.6. The molecule has 1 N–H and O–H groups in total. The second-order valence-electron chi connectivity index (χ2n) is 7.04. The first kappa shape index (κ1) is 18.3. The van der Waals surface area contributed by atoms with Crippen LogP contribution in [0.3, 0.4) is 0 Å². The van der Waals surface area contributed by atoms with Gasteiger partial charge in [0.2, 0.25) is 5.91 Å². The molecule has 2 aromatic rings. The average molecular weight is 353 g/mol. The lowest BCUT2D eigenvalue weighted by Crippen LogP contribution is -2.51. The van der Waals surface area contributed by atoms with Crippen LogP contribution in [0.5, 0.6) is 5.75 Å². The third-order valence-electron chi connectivity index (χ3n) is 4.83. The van der Waals surface area contributed by atoms with Crippen LogP contribution in [0.2, 0.25) is 0 Å². The Morgan fingerprint density at radius 2 is 1.62 bits per heavy atom. The number of rotatable bonds is 5. The molecule has 0 atom stereocenters. The van der Waals surface area contributed by atoms with Gasteiger partial charge >= 0.3 is 0 Å². The van der Waals surface area contributed by atoms with Gasteiger partial charge in [-0.15, -0.1) is 0 Å². The van der Waals surface area contributed by atoms with Crippen LogP contribution in [-0.4, -0.2) is 60.6 Å². The molecule has 1 saturated heterocycles. The van der Waals surface area contributed by atoms with Gasteiger partial charge in [-0.1, -0.05) is 29.8 Å². The minimum Gasteiger partial charge on any atom is -0.508 e. The molecule has 1 amide bonds. The summed E-state index contributed by atoms with van der Waals surface area (Å²) in [6.45, 7) is 6.40. The van der Waals surface area contributed by atoms with E-state index in [1.165, 1.54) is 11.1 Å². The van der Waals surface area contributed by atoms with Gasteiger partial charge in [-0.3, -0.25) is 9.69 Å². The molecule has 26 heavy (non-hydrogen) atoms. The van der Waals surface area contributed by atoms with Crippen LogP contribution in [0.15, 0.2) is 48.5 Å². The van der Waals surface area contributed by atoms with Crippen molar-refractivity contribution < 1.29 is 9.90 Å². The third kappa shape index (κ3) is 4.76. The van der Waals surface area contributed by atoms with Gasteiger partial charge in [0.1, 0.15) is 5.75 Å². The number of aromatic hydroxyl groups is 1. The quantitative estimate of drug-likeness (QED) is 0.897. The van der Waals surface area contributed by atoms with Gasteiger partial charge < -0.3 is 14.9 Å². The molecule has 138 valence electrons. The van der Waals surface area contributed by atoms with E-state index in [-0.39, 0.29) is 11.7 Å². The first-order valence-corrected chi connectivity index (χ1v) is 9.07. The molecule has 2 aromatic carbocycles. The first-order chi connectivity index (χ1) is 12.5. The summed E-state index contributed by atoms with van der Waals surface area (Å²) in [6, 6.07) is 15.7. The number of anilines is 1. The number of carbonyl (C=O) groups excluding carboxylic acids is 1. The summed E-state index contributed by atoms with van der Waals surface area (Å²) in [6.07, 6.45) is 0. The highest BCUT2D eigenvalue weighted by Crippen LogP contribution is 2.20. The van der Waals surface area contributed by atoms with Crippen LogP contribution in [0.1, 0.15) is 11.1 Å². The van der Waals surface area contributed by atoms with Gasteiger partial charge in [0.05, 0.1) is 6.54 Å². The zero-order valence-electron chi connectivity index (χ0n) is 15.6. The second kappa shape index (κ2) is 8.23. The lowest BCUT2D eigenvalue weighted by molar-refractivity contribution is -0.132. The van der Waals surface area contributed by atoms with E-state index in [2.05, 4.69) is 41.0 Å². The number of amides is 1. The molecule has 0 spiro atoms. The van der Waals surface area contributed by atoms with Crippen LogP contribution >= 0.6 is 0 Å². The summed E-state index contributed by atoms with van der Waals surface area (Å²) in [5.74, 6) is 0.462. The number of hydrogen-bond donors (Lipinski definition) is 1. The molecule has 1 aliphatic heterocycles. The topological polar surface area (TPSA) is 47.0 Å². The van der Waals surface area contributed by atoms with Crippen molar-refractivity contribution in [3.63, 3.8) is 0 Å². The van der Waals surface area contributed by atoms with E-state index in [9.17, 15) is 9.90 Å². The average Bonchev–Trinajstić information content (AvgIpc) is 2.64. The number of carbonyl (C=O) groups is 1. The molecular formula is C21H27N3O2. The highest BCUT2D eigenvalue weighted by Gasteiger charge is 2.22. The molecule has 0 unspecified atom stereocenters. The Labute approximate surface area is 155 Å². The summed E-state index contributed by atoms with van der Waals surface area (Å²) >= 11 is 0. The predicted molar refractivity (Wildman–Crippen MR) is 104 cm³/mol. The number of piperazine rings is 1. The highest BCUT2D eigenvalue weighted by molar-refractivity contribution is 5.78. The Hall–Kier alpha value is -2.53. The van der Waals surface area contributed by atoms with E-state index in [1.54, 1.807) is 12.1 Å². The standard InChI is InChI=1S/C21H27N3O2/c1-17-3-5-18(6-4-17)15-22(2)16-21(26)24-13-11-23(12-14-24)19-7-9-20(25)10-8-19/h3-10,25H,11-16H2,1-2H3. The molecular weight excluding hydrogens is 326 g/mol. The molecule has 3 rings (SSSR count). The monoisotopic (exact) mass is 353 g/mol. The number of phenols is 1. The van der Waals surface area contributed by atoms with Crippen molar-refractivity contribution in [1.29, 1.82) is 0 Å². The summed E-state index contributed by atoms with van der Waals surface area (Å²) in [7, 11) is 1.99. The van der Waals surface area contributed by atoms with E-state index in [0.717, 1.165) is 38.4 Å². The fourth-order valence-corrected chi connectivity index (χ4v) is 3.27. The first-order valence-electron chi connectivity index (χ1n) is 9.07. The van der Waals surface area contributed by atoms with E-state index in [0.29, 0.717) is 6.54 Å². The largest absolute Gasteiger partial charge is 0.508 e. The zero-order valence-corrected chi connectivity index (χ0v) is 15.6. The molecule has 5 nitrogen and oxygen atoms in total. The van der Waals surface area contributed by atoms with Gasteiger partial charge in [-0.05, 0) is 43.8 Å². The van der Waals surface area contributed by atoms with E-state index < -0.39 is 0 Å². The fourth-order valence-electron chi connectivity index (χ4n) is 3.27. The van der Waals surface area contributed by atoms with Gasteiger partial charge in [0, 0.05) is 38.4 Å². The van der Waals surface area contributed by atoms with E-state index >= 15 is 0 Å². The minimum absolute atomic E-state index is 0.185. The number of benzene rings is 2. The van der Waals surface area contributed by atoms with Crippen molar-refractivity contribution in [3.8, 4) is 5.75 Å². The normalized spacial score (nSPS) is 14.7. The summed E-state index contributed by atoms with van der Waals surface area (Å²) in [5, 5.41) is 9.40. The summed E-state index contributed by atoms with van der Waals surface area (Å²) in [5.41, 5.74) is 3.56. The summed E-state index contributed by atoms with van der Waals surface area (Å²) in [4.78, 5) is 18.8. The Kier molecular flexibility index (Phi) is 5.78. The lowest BCUT2D eigenvalue weighted by Gasteiger charge is -2.36. The molecule has 1 fully saturated rings. The maximum atomic E-state index is 12.6. The Balaban J connectivity index is 1.47. The molecule has 0 saturated carbocycles. The van der Waals surface area contributed by atoms with Gasteiger partial charge in [-0.25, -0.2) is 0 Å². The molecule has 1 heterocycles. The molecule has 0 radical (unpaired) electrons. The van der Waals surface area contributed by atoms with Crippen LogP contribution < -0.4 is 4.90 Å². The van der Waals surface area contributed by atoms with Crippen molar-refractivity contribution in [3.05, 3.63) is 59.7 Å². The second-order valence-corrected chi connectivity index (χ2v) is 7.04. The van der Waals surface area contributed by atoms with Gasteiger partial charge in [-0.2, -0.15) is 0 Å². The number of hydrogen-bond acceptors (Lipinski definition) is 4. The Morgan fingerprint density at radius 1 is 1.00 bits per heavy atom. The number of likely N-dealkylation sites (N-methyl/N-ethyl adjacent to an activating group) is 1. The SMILES string of the molecule is Cc1ccc(CN(C)CC(=O)N2CCN(c3ccc(O)cc3)CC2)cc1. The van der Waals surface area contributed by atoms with E-state index in [4.69, 9.17) is 0 Å². The maximum Gasteiger partial charge on any atom is 0.236 e. The smallest absolute Gasteiger partial charge is 0.236 e. The number of phenolic OH excluding ortho intramolecular Hbond substituents is 1. The molecule has 0 aliphatic carbocycles. The zero-order chi connectivity index (χ0) is 18.5. The van der Waals surface area contributed by atoms with Crippen molar-refractivity contribution in [2.45, 2.75) is 13.5 Å². The molecule has 0 aromatic heterocycles. The minimum atomic E-state index is 0.185. The van der Waals surface area contributed by atoms with Crippen LogP contribution in [0, 0.1) is 6.92 Å². The fraction of sp³-hybridized carbons (Fsp3) is 0.381. The van der Waals surface area contributed by atoms with Crippen LogP contribution in [0.4, 0.5) is 5.69 Å². The van der Waals surface area contributed by atoms with Crippen molar-refractivity contribution >= 4 is 11.6 Å². The predicted octanol–water partition coefficient (Wildman–Crippen LogP) is 2.48. The molecule has 0 bridgehead atoms. The van der Waals surface area contributed by atoms with Crippen molar-refractivity contribution in [2.24, 2.45) is 0 Å². The Morgan fingerprint density at radius 3 is 2.23 bits per heavy atom. The van der Waals surface area contributed by atoms with Crippen molar-refractivity contribution in [1.82, 2.24) is 9.80 Å². The molecule has 1 aliphatic rings. The van der Waals surface area contributed by atoms with Gasteiger partial charge in [0.25, 0.3) is 0 Å². The van der Waals surface area contributed by atoms with Crippen molar-refractivity contribution in [2.75, 3.05) is 44.7 Å². The van der Waals surface area contributed by atoms with Crippen LogP contribution in [0.25, 0.3) is 0 Å². The number of nitrogens with zero attached hydrogens (tertiary/aromatic N) is 3. The van der Waals surface area contributed by atoms with Crippen LogP contribution in [-0.2, 0) is 11.3 Å². The third-order valence-corrected chi connectivity index (χ3v) is 4.83. The van der Waals surface area contributed by atoms with E-state index in [1.807, 2.05) is 24.1 Å². The lowest BCUT2D eigenvalue weighted by atomic mass is 10.1.